The van der Waals surface area contributed by atoms with Crippen LogP contribution in [0.2, 0.25) is 0 Å². The molecule has 0 bridgehead atoms. The average molecular weight is 353 g/mol. The molecule has 6 heteroatoms. The molecule has 0 fully saturated rings. The van der Waals surface area contributed by atoms with Gasteiger partial charge in [0.05, 0.1) is 5.69 Å². The van der Waals surface area contributed by atoms with E-state index in [-0.39, 0.29) is 5.69 Å². The SMILES string of the molecule is Cc1cccc(CNc2cc(C(=O)Nc3ccc(F)cc3F)ccn2)c1. The van der Waals surface area contributed by atoms with Crippen molar-refractivity contribution in [2.24, 2.45) is 0 Å². The van der Waals surface area contributed by atoms with E-state index in [0.29, 0.717) is 17.9 Å². The summed E-state index contributed by atoms with van der Waals surface area (Å²) < 4.78 is 26.6. The third kappa shape index (κ3) is 4.42. The third-order valence-corrected chi connectivity index (χ3v) is 3.76. The van der Waals surface area contributed by atoms with Gasteiger partial charge < -0.3 is 10.6 Å². The van der Waals surface area contributed by atoms with E-state index in [1.165, 1.54) is 18.3 Å². The zero-order chi connectivity index (χ0) is 18.5. The van der Waals surface area contributed by atoms with Crippen molar-refractivity contribution in [3.63, 3.8) is 0 Å². The largest absolute Gasteiger partial charge is 0.366 e. The molecular weight excluding hydrogens is 336 g/mol. The summed E-state index contributed by atoms with van der Waals surface area (Å²) in [5, 5.41) is 5.58. The number of anilines is 2. The van der Waals surface area contributed by atoms with E-state index >= 15 is 0 Å². The predicted octanol–water partition coefficient (Wildman–Crippen LogP) is 4.53. The van der Waals surface area contributed by atoms with Gasteiger partial charge in [0.25, 0.3) is 5.91 Å². The van der Waals surface area contributed by atoms with Gasteiger partial charge in [-0.05, 0) is 36.8 Å². The zero-order valence-corrected chi connectivity index (χ0v) is 14.1. The van der Waals surface area contributed by atoms with Gasteiger partial charge in [-0.25, -0.2) is 13.8 Å². The van der Waals surface area contributed by atoms with Crippen LogP contribution >= 0.6 is 0 Å². The quantitative estimate of drug-likeness (QED) is 0.708. The van der Waals surface area contributed by atoms with Gasteiger partial charge >= 0.3 is 0 Å². The summed E-state index contributed by atoms with van der Waals surface area (Å²) in [7, 11) is 0. The number of halogens is 2. The maximum Gasteiger partial charge on any atom is 0.255 e. The van der Waals surface area contributed by atoms with Crippen LogP contribution in [0.15, 0.2) is 60.8 Å². The maximum atomic E-state index is 13.7. The molecule has 2 N–H and O–H groups in total. The molecular formula is C20H17F2N3O. The zero-order valence-electron chi connectivity index (χ0n) is 14.1. The minimum atomic E-state index is -0.829. The molecule has 26 heavy (non-hydrogen) atoms. The van der Waals surface area contributed by atoms with Crippen LogP contribution in [-0.4, -0.2) is 10.9 Å². The highest BCUT2D eigenvalue weighted by Crippen LogP contribution is 2.17. The van der Waals surface area contributed by atoms with Crippen molar-refractivity contribution >= 4 is 17.4 Å². The number of hydrogen-bond acceptors (Lipinski definition) is 3. The van der Waals surface area contributed by atoms with Crippen molar-refractivity contribution < 1.29 is 13.6 Å². The van der Waals surface area contributed by atoms with Crippen molar-refractivity contribution in [3.8, 4) is 0 Å². The Hall–Kier alpha value is -3.28. The number of hydrogen-bond donors (Lipinski definition) is 2. The standard InChI is InChI=1S/C20H17F2N3O/c1-13-3-2-4-14(9-13)12-24-19-10-15(7-8-23-19)20(26)25-18-6-5-16(21)11-17(18)22/h2-11H,12H2,1H3,(H,23,24)(H,25,26). The van der Waals surface area contributed by atoms with Gasteiger partial charge in [0.1, 0.15) is 17.5 Å². The highest BCUT2D eigenvalue weighted by atomic mass is 19.1. The second-order valence-corrected chi connectivity index (χ2v) is 5.85. The van der Waals surface area contributed by atoms with Gasteiger partial charge in [0, 0.05) is 24.4 Å². The first-order chi connectivity index (χ1) is 12.5. The summed E-state index contributed by atoms with van der Waals surface area (Å²) in [6.07, 6.45) is 1.49. The second-order valence-electron chi connectivity index (χ2n) is 5.85. The van der Waals surface area contributed by atoms with E-state index in [1.54, 1.807) is 6.07 Å². The molecule has 0 atom stereocenters. The molecule has 0 saturated heterocycles. The number of amides is 1. The predicted molar refractivity (Wildman–Crippen MR) is 97.1 cm³/mol. The van der Waals surface area contributed by atoms with E-state index in [9.17, 15) is 13.6 Å². The fourth-order valence-electron chi connectivity index (χ4n) is 2.47. The van der Waals surface area contributed by atoms with Crippen molar-refractivity contribution in [3.05, 3.63) is 89.1 Å². The Morgan fingerprint density at radius 3 is 2.69 bits per heavy atom. The molecule has 0 aliphatic carbocycles. The van der Waals surface area contributed by atoms with E-state index in [1.807, 2.05) is 25.1 Å². The summed E-state index contributed by atoms with van der Waals surface area (Å²) in [6, 6.07) is 14.1. The van der Waals surface area contributed by atoms with E-state index in [4.69, 9.17) is 0 Å². The lowest BCUT2D eigenvalue weighted by Gasteiger charge is -2.09. The highest BCUT2D eigenvalue weighted by molar-refractivity contribution is 6.04. The summed E-state index contributed by atoms with van der Waals surface area (Å²) in [5.74, 6) is -1.51. The van der Waals surface area contributed by atoms with Crippen LogP contribution in [-0.2, 0) is 6.54 Å². The molecule has 0 radical (unpaired) electrons. The molecule has 3 aromatic rings. The van der Waals surface area contributed by atoms with Gasteiger partial charge in [0.2, 0.25) is 0 Å². The second kappa shape index (κ2) is 7.74. The molecule has 0 saturated carbocycles. The molecule has 0 unspecified atom stereocenters. The van der Waals surface area contributed by atoms with Crippen LogP contribution in [0.5, 0.6) is 0 Å². The fraction of sp³-hybridized carbons (Fsp3) is 0.100. The molecule has 0 aliphatic rings. The first-order valence-electron chi connectivity index (χ1n) is 8.03. The number of pyridine rings is 1. The lowest BCUT2D eigenvalue weighted by molar-refractivity contribution is 0.102. The van der Waals surface area contributed by atoms with E-state index in [2.05, 4.69) is 21.7 Å². The Bertz CT molecular complexity index is 944. The normalized spacial score (nSPS) is 10.4. The minimum absolute atomic E-state index is 0.0810. The molecule has 2 aromatic carbocycles. The summed E-state index contributed by atoms with van der Waals surface area (Å²) in [4.78, 5) is 16.5. The number of carbonyl (C=O) groups is 1. The lowest BCUT2D eigenvalue weighted by Crippen LogP contribution is -2.14. The number of rotatable bonds is 5. The third-order valence-electron chi connectivity index (χ3n) is 3.76. The van der Waals surface area contributed by atoms with E-state index in [0.717, 1.165) is 23.3 Å². The van der Waals surface area contributed by atoms with Gasteiger partial charge in [-0.3, -0.25) is 4.79 Å². The number of benzene rings is 2. The molecule has 132 valence electrons. The van der Waals surface area contributed by atoms with Gasteiger partial charge in [-0.2, -0.15) is 0 Å². The topological polar surface area (TPSA) is 54.0 Å². The molecule has 0 aliphatic heterocycles. The summed E-state index contributed by atoms with van der Waals surface area (Å²) >= 11 is 0. The molecule has 1 heterocycles. The number of carbonyl (C=O) groups excluding carboxylic acids is 1. The summed E-state index contributed by atoms with van der Waals surface area (Å²) in [6.45, 7) is 2.58. The summed E-state index contributed by atoms with van der Waals surface area (Å²) in [5.41, 5.74) is 2.49. The van der Waals surface area contributed by atoms with Crippen molar-refractivity contribution in [1.82, 2.24) is 4.98 Å². The van der Waals surface area contributed by atoms with Crippen molar-refractivity contribution in [2.45, 2.75) is 13.5 Å². The van der Waals surface area contributed by atoms with Gasteiger partial charge in [-0.1, -0.05) is 29.8 Å². The van der Waals surface area contributed by atoms with Crippen LogP contribution in [0, 0.1) is 18.6 Å². The Labute approximate surface area is 149 Å². The molecule has 0 spiro atoms. The average Bonchev–Trinajstić information content (AvgIpc) is 2.62. The molecule has 1 amide bonds. The number of aryl methyl sites for hydroxylation is 1. The maximum absolute atomic E-state index is 13.7. The Morgan fingerprint density at radius 1 is 1.08 bits per heavy atom. The van der Waals surface area contributed by atoms with Crippen LogP contribution in [0.4, 0.5) is 20.3 Å². The van der Waals surface area contributed by atoms with Crippen LogP contribution < -0.4 is 10.6 Å². The Morgan fingerprint density at radius 2 is 1.92 bits per heavy atom. The van der Waals surface area contributed by atoms with Gasteiger partial charge in [-0.15, -0.1) is 0 Å². The van der Waals surface area contributed by atoms with Crippen LogP contribution in [0.3, 0.4) is 0 Å². The monoisotopic (exact) mass is 353 g/mol. The first kappa shape index (κ1) is 17.5. The number of nitrogens with one attached hydrogen (secondary N) is 2. The molecule has 3 rings (SSSR count). The fourth-order valence-corrected chi connectivity index (χ4v) is 2.47. The number of nitrogens with zero attached hydrogens (tertiary/aromatic N) is 1. The smallest absolute Gasteiger partial charge is 0.255 e. The Kier molecular flexibility index (Phi) is 5.22. The highest BCUT2D eigenvalue weighted by Gasteiger charge is 2.11. The van der Waals surface area contributed by atoms with E-state index < -0.39 is 17.5 Å². The lowest BCUT2D eigenvalue weighted by atomic mass is 10.1. The van der Waals surface area contributed by atoms with Crippen molar-refractivity contribution in [1.29, 1.82) is 0 Å². The van der Waals surface area contributed by atoms with Crippen LogP contribution in [0.25, 0.3) is 0 Å². The van der Waals surface area contributed by atoms with Gasteiger partial charge in [0.15, 0.2) is 0 Å². The van der Waals surface area contributed by atoms with Crippen molar-refractivity contribution in [2.75, 3.05) is 10.6 Å². The Balaban J connectivity index is 1.69. The first-order valence-corrected chi connectivity index (χ1v) is 8.03. The molecule has 1 aromatic heterocycles. The van der Waals surface area contributed by atoms with Crippen LogP contribution in [0.1, 0.15) is 21.5 Å². The molecule has 4 nitrogen and oxygen atoms in total. The minimum Gasteiger partial charge on any atom is -0.366 e. The number of aromatic nitrogens is 1.